The zero-order valence-corrected chi connectivity index (χ0v) is 20.9. The average molecular weight is 482 g/mol. The van der Waals surface area contributed by atoms with Crippen molar-refractivity contribution in [3.05, 3.63) is 108 Å². The van der Waals surface area contributed by atoms with Gasteiger partial charge in [0.05, 0.1) is 17.6 Å². The fraction of sp³-hybridized carbons (Fsp3) is 0.333. The number of nitrogens with zero attached hydrogens (tertiary/aromatic N) is 4. The molecular formula is C30H35N5O. The van der Waals surface area contributed by atoms with Crippen molar-refractivity contribution in [3.8, 4) is 5.69 Å². The van der Waals surface area contributed by atoms with Gasteiger partial charge in [-0.05, 0) is 67.0 Å². The minimum absolute atomic E-state index is 0.146. The Kier molecular flexibility index (Phi) is 9.79. The predicted molar refractivity (Wildman–Crippen MR) is 143 cm³/mol. The van der Waals surface area contributed by atoms with Crippen LogP contribution in [0.5, 0.6) is 0 Å². The first-order valence-electron chi connectivity index (χ1n) is 13.0. The second-order valence-corrected chi connectivity index (χ2v) is 9.17. The number of aryl methyl sites for hydroxylation is 1. The van der Waals surface area contributed by atoms with Gasteiger partial charge in [-0.1, -0.05) is 73.0 Å². The van der Waals surface area contributed by atoms with Gasteiger partial charge in [-0.15, -0.1) is 5.10 Å². The number of pyridine rings is 1. The number of unbranched alkanes of at least 4 members (excludes halogenated alkanes) is 4. The number of para-hydroxylation sites is 1. The van der Waals surface area contributed by atoms with Crippen LogP contribution in [0.2, 0.25) is 0 Å². The van der Waals surface area contributed by atoms with E-state index in [9.17, 15) is 4.79 Å². The number of hydrogen-bond donors (Lipinski definition) is 1. The molecule has 186 valence electrons. The van der Waals surface area contributed by atoms with E-state index in [1.807, 2.05) is 28.9 Å². The maximum absolute atomic E-state index is 12.0. The molecule has 36 heavy (non-hydrogen) atoms. The van der Waals surface area contributed by atoms with Crippen LogP contribution >= 0.6 is 0 Å². The van der Waals surface area contributed by atoms with E-state index in [4.69, 9.17) is 0 Å². The molecule has 0 radical (unpaired) electrons. The highest BCUT2D eigenvalue weighted by Crippen LogP contribution is 2.18. The van der Waals surface area contributed by atoms with E-state index in [1.165, 1.54) is 16.7 Å². The van der Waals surface area contributed by atoms with Crippen LogP contribution in [0.4, 0.5) is 0 Å². The molecule has 6 heteroatoms. The summed E-state index contributed by atoms with van der Waals surface area (Å²) in [6.07, 6.45) is 14.3. The highest BCUT2D eigenvalue weighted by molar-refractivity contribution is 5.75. The SMILES string of the molecule is O=C(CCCCCCCc1cn(-c2ccccc2Cc2ccccc2)nn1)NCCc1ccncc1. The topological polar surface area (TPSA) is 72.7 Å². The Balaban J connectivity index is 1.11. The molecule has 4 rings (SSSR count). The lowest BCUT2D eigenvalue weighted by atomic mass is 10.0. The Hall–Kier alpha value is -3.80. The quantitative estimate of drug-likeness (QED) is 0.242. The van der Waals surface area contributed by atoms with Crippen molar-refractivity contribution in [3.63, 3.8) is 0 Å². The molecule has 0 fully saturated rings. The second-order valence-electron chi connectivity index (χ2n) is 9.17. The summed E-state index contributed by atoms with van der Waals surface area (Å²) in [6.45, 7) is 0.681. The van der Waals surface area contributed by atoms with E-state index in [2.05, 4.69) is 69.3 Å². The predicted octanol–water partition coefficient (Wildman–Crippen LogP) is 5.50. The average Bonchev–Trinajstić information content (AvgIpc) is 3.38. The van der Waals surface area contributed by atoms with E-state index in [-0.39, 0.29) is 5.91 Å². The number of hydrogen-bond acceptors (Lipinski definition) is 4. The van der Waals surface area contributed by atoms with Gasteiger partial charge >= 0.3 is 0 Å². The molecule has 0 unspecified atom stereocenters. The van der Waals surface area contributed by atoms with Gasteiger partial charge in [0.1, 0.15) is 0 Å². The van der Waals surface area contributed by atoms with E-state index in [0.29, 0.717) is 13.0 Å². The highest BCUT2D eigenvalue weighted by atomic mass is 16.1. The number of carbonyl (C=O) groups excluding carboxylic acids is 1. The summed E-state index contributed by atoms with van der Waals surface area (Å²) < 4.78 is 1.90. The van der Waals surface area contributed by atoms with Gasteiger partial charge in [0.25, 0.3) is 0 Å². The summed E-state index contributed by atoms with van der Waals surface area (Å²) in [5.41, 5.74) is 5.83. The zero-order chi connectivity index (χ0) is 24.8. The molecule has 1 N–H and O–H groups in total. The van der Waals surface area contributed by atoms with E-state index < -0.39 is 0 Å². The third kappa shape index (κ3) is 8.15. The van der Waals surface area contributed by atoms with Crippen molar-refractivity contribution in [2.45, 2.75) is 57.8 Å². The second kappa shape index (κ2) is 13.9. The first-order valence-corrected chi connectivity index (χ1v) is 13.0. The highest BCUT2D eigenvalue weighted by Gasteiger charge is 2.08. The molecule has 2 aromatic carbocycles. The number of amides is 1. The van der Waals surface area contributed by atoms with Gasteiger partial charge in [0.2, 0.25) is 5.91 Å². The van der Waals surface area contributed by atoms with E-state index in [1.54, 1.807) is 12.4 Å². The molecular weight excluding hydrogens is 446 g/mol. The summed E-state index contributed by atoms with van der Waals surface area (Å²) in [6, 6.07) is 22.9. The number of aromatic nitrogens is 4. The maximum atomic E-state index is 12.0. The molecule has 2 heterocycles. The van der Waals surface area contributed by atoms with Crippen molar-refractivity contribution < 1.29 is 4.79 Å². The first kappa shape index (κ1) is 25.3. The summed E-state index contributed by atoms with van der Waals surface area (Å²) in [4.78, 5) is 16.0. The van der Waals surface area contributed by atoms with E-state index >= 15 is 0 Å². The third-order valence-electron chi connectivity index (χ3n) is 6.34. The molecule has 0 spiro atoms. The van der Waals surface area contributed by atoms with Crippen LogP contribution < -0.4 is 5.32 Å². The molecule has 1 amide bonds. The molecule has 0 saturated heterocycles. The van der Waals surface area contributed by atoms with Crippen molar-refractivity contribution in [1.29, 1.82) is 0 Å². The van der Waals surface area contributed by atoms with Crippen LogP contribution in [-0.4, -0.2) is 32.4 Å². The molecule has 0 aliphatic heterocycles. The van der Waals surface area contributed by atoms with Crippen LogP contribution in [0.15, 0.2) is 85.3 Å². The molecule has 0 saturated carbocycles. The van der Waals surface area contributed by atoms with Gasteiger partial charge in [0, 0.05) is 25.4 Å². The van der Waals surface area contributed by atoms with Crippen molar-refractivity contribution >= 4 is 5.91 Å². The lowest BCUT2D eigenvalue weighted by molar-refractivity contribution is -0.121. The van der Waals surface area contributed by atoms with Gasteiger partial charge < -0.3 is 5.32 Å². The summed E-state index contributed by atoms with van der Waals surface area (Å²) in [5.74, 6) is 0.146. The van der Waals surface area contributed by atoms with Gasteiger partial charge in [0.15, 0.2) is 0 Å². The smallest absolute Gasteiger partial charge is 0.220 e. The summed E-state index contributed by atoms with van der Waals surface area (Å²) in [7, 11) is 0. The van der Waals surface area contributed by atoms with E-state index in [0.717, 1.165) is 62.7 Å². The third-order valence-corrected chi connectivity index (χ3v) is 6.34. The lowest BCUT2D eigenvalue weighted by Gasteiger charge is -2.09. The zero-order valence-electron chi connectivity index (χ0n) is 20.9. The number of nitrogens with one attached hydrogen (secondary N) is 1. The Morgan fingerprint density at radius 2 is 1.53 bits per heavy atom. The Bertz CT molecular complexity index is 1190. The standard InChI is InChI=1S/C30H35N5O/c36-30(32-22-19-25-17-20-31-21-18-25)16-8-3-1-2-7-14-28-24-35(34-33-28)29-15-10-9-13-27(29)23-26-11-5-4-6-12-26/h4-6,9-13,15,17-18,20-21,24H,1-3,7-8,14,16,19,22-23H2,(H,32,36). The molecule has 0 aliphatic carbocycles. The summed E-state index contributed by atoms with van der Waals surface area (Å²) in [5, 5.41) is 11.8. The Morgan fingerprint density at radius 3 is 2.39 bits per heavy atom. The van der Waals surface area contributed by atoms with Crippen LogP contribution in [0.3, 0.4) is 0 Å². The number of benzene rings is 2. The molecule has 4 aromatic rings. The first-order chi connectivity index (χ1) is 17.8. The monoisotopic (exact) mass is 481 g/mol. The molecule has 0 atom stereocenters. The number of rotatable bonds is 14. The van der Waals surface area contributed by atoms with Gasteiger partial charge in [-0.25, -0.2) is 4.68 Å². The van der Waals surface area contributed by atoms with Gasteiger partial charge in [-0.2, -0.15) is 0 Å². The molecule has 0 aliphatic rings. The number of carbonyl (C=O) groups is 1. The molecule has 0 bridgehead atoms. The van der Waals surface area contributed by atoms with Crippen LogP contribution in [0, 0.1) is 0 Å². The minimum atomic E-state index is 0.146. The fourth-order valence-electron chi connectivity index (χ4n) is 4.34. The van der Waals surface area contributed by atoms with Crippen molar-refractivity contribution in [2.75, 3.05) is 6.54 Å². The van der Waals surface area contributed by atoms with Crippen LogP contribution in [0.1, 0.15) is 60.9 Å². The fourth-order valence-corrected chi connectivity index (χ4v) is 4.34. The molecule has 6 nitrogen and oxygen atoms in total. The minimum Gasteiger partial charge on any atom is -0.356 e. The van der Waals surface area contributed by atoms with Crippen LogP contribution in [-0.2, 0) is 24.1 Å². The largest absolute Gasteiger partial charge is 0.356 e. The maximum Gasteiger partial charge on any atom is 0.220 e. The Morgan fingerprint density at radius 1 is 0.778 bits per heavy atom. The normalized spacial score (nSPS) is 10.9. The van der Waals surface area contributed by atoms with Gasteiger partial charge in [-0.3, -0.25) is 9.78 Å². The van der Waals surface area contributed by atoms with Crippen molar-refractivity contribution in [1.82, 2.24) is 25.3 Å². The lowest BCUT2D eigenvalue weighted by Crippen LogP contribution is -2.25. The molecule has 2 aromatic heterocycles. The summed E-state index contributed by atoms with van der Waals surface area (Å²) >= 11 is 0. The Labute approximate surface area is 213 Å². The van der Waals surface area contributed by atoms with Crippen LogP contribution in [0.25, 0.3) is 5.69 Å². The van der Waals surface area contributed by atoms with Crippen molar-refractivity contribution in [2.24, 2.45) is 0 Å².